The first-order valence-corrected chi connectivity index (χ1v) is 10.4. The van der Waals surface area contributed by atoms with Crippen molar-refractivity contribution >= 4 is 23.0 Å². The zero-order chi connectivity index (χ0) is 21.4. The van der Waals surface area contributed by atoms with Crippen LogP contribution >= 0.6 is 11.6 Å². The molecule has 1 amide bonds. The maximum Gasteiger partial charge on any atom is 0.242 e. The number of ether oxygens (including phenoxy) is 2. The number of fused-ring (bicyclic) bond motifs is 1. The first-order valence-electron chi connectivity index (χ1n) is 9.98. The third-order valence-electron chi connectivity index (χ3n) is 5.83. The molecule has 0 N–H and O–H groups in total. The highest BCUT2D eigenvalue weighted by Gasteiger charge is 2.37. The average Bonchev–Trinajstić information content (AvgIpc) is 3.30. The molecule has 0 aliphatic carbocycles. The van der Waals surface area contributed by atoms with Crippen LogP contribution in [0.2, 0.25) is 5.15 Å². The number of amides is 1. The van der Waals surface area contributed by atoms with Gasteiger partial charge in [0, 0.05) is 24.4 Å². The molecule has 8 heteroatoms. The summed E-state index contributed by atoms with van der Waals surface area (Å²) in [5, 5.41) is 4.59. The van der Waals surface area contributed by atoms with Gasteiger partial charge in [0.05, 0.1) is 25.5 Å². The van der Waals surface area contributed by atoms with Gasteiger partial charge < -0.3 is 14.4 Å². The van der Waals surface area contributed by atoms with Crippen LogP contribution in [-0.2, 0) is 4.79 Å². The van der Waals surface area contributed by atoms with Crippen molar-refractivity contribution in [3.05, 3.63) is 52.9 Å². The van der Waals surface area contributed by atoms with Crippen molar-refractivity contribution in [3.63, 3.8) is 0 Å². The minimum Gasteiger partial charge on any atom is -0.497 e. The van der Waals surface area contributed by atoms with Gasteiger partial charge >= 0.3 is 0 Å². The van der Waals surface area contributed by atoms with Crippen LogP contribution in [0.25, 0.3) is 5.52 Å². The van der Waals surface area contributed by atoms with E-state index in [1.807, 2.05) is 49.9 Å². The SMILES string of the molecule is COc1ccc([C@@H](C)N2CC([C@@H](C)Oc3nc(Cl)cn4ncc(C)c34)CC2=O)cc1. The molecule has 0 saturated carbocycles. The average molecular weight is 429 g/mol. The molecule has 158 valence electrons. The van der Waals surface area contributed by atoms with Crippen molar-refractivity contribution in [2.24, 2.45) is 5.92 Å². The Balaban J connectivity index is 1.49. The molecule has 0 radical (unpaired) electrons. The van der Waals surface area contributed by atoms with Gasteiger partial charge in [0.2, 0.25) is 11.8 Å². The van der Waals surface area contributed by atoms with Crippen LogP contribution in [0.3, 0.4) is 0 Å². The fourth-order valence-electron chi connectivity index (χ4n) is 3.96. The summed E-state index contributed by atoms with van der Waals surface area (Å²) in [6, 6.07) is 7.81. The number of carbonyl (C=O) groups excluding carboxylic acids is 1. The molecule has 30 heavy (non-hydrogen) atoms. The highest BCUT2D eigenvalue weighted by molar-refractivity contribution is 6.29. The van der Waals surface area contributed by atoms with Gasteiger partial charge in [0.15, 0.2) is 5.15 Å². The Hall–Kier alpha value is -2.80. The Labute approximate surface area is 180 Å². The van der Waals surface area contributed by atoms with Crippen LogP contribution in [0, 0.1) is 12.8 Å². The summed E-state index contributed by atoms with van der Waals surface area (Å²) < 4.78 is 13.1. The van der Waals surface area contributed by atoms with Gasteiger partial charge in [-0.2, -0.15) is 10.1 Å². The van der Waals surface area contributed by atoms with Crippen molar-refractivity contribution in [2.75, 3.05) is 13.7 Å². The number of hydrogen-bond donors (Lipinski definition) is 0. The molecule has 7 nitrogen and oxygen atoms in total. The maximum atomic E-state index is 12.8. The Morgan fingerprint density at radius 2 is 1.97 bits per heavy atom. The smallest absolute Gasteiger partial charge is 0.242 e. The molecular weight excluding hydrogens is 404 g/mol. The van der Waals surface area contributed by atoms with E-state index in [-0.39, 0.29) is 24.0 Å². The number of nitrogens with zero attached hydrogens (tertiary/aromatic N) is 4. The second-order valence-corrected chi connectivity index (χ2v) is 8.16. The van der Waals surface area contributed by atoms with Crippen molar-refractivity contribution in [2.45, 2.75) is 39.3 Å². The number of benzene rings is 1. The summed E-state index contributed by atoms with van der Waals surface area (Å²) >= 11 is 6.13. The summed E-state index contributed by atoms with van der Waals surface area (Å²) in [6.45, 7) is 6.60. The number of hydrogen-bond acceptors (Lipinski definition) is 5. The molecule has 1 aliphatic rings. The van der Waals surface area contributed by atoms with E-state index >= 15 is 0 Å². The van der Waals surface area contributed by atoms with Crippen LogP contribution in [0.15, 0.2) is 36.7 Å². The van der Waals surface area contributed by atoms with Crippen molar-refractivity contribution in [1.82, 2.24) is 19.5 Å². The number of methoxy groups -OCH3 is 1. The summed E-state index contributed by atoms with van der Waals surface area (Å²) in [5.74, 6) is 1.43. The minimum atomic E-state index is -0.203. The van der Waals surface area contributed by atoms with E-state index in [1.54, 1.807) is 24.0 Å². The first-order chi connectivity index (χ1) is 14.4. The molecule has 1 aromatic carbocycles. The molecule has 3 heterocycles. The van der Waals surface area contributed by atoms with Gasteiger partial charge in [-0.05, 0) is 38.5 Å². The highest BCUT2D eigenvalue weighted by atomic mass is 35.5. The standard InChI is InChI=1S/C22H25ClN4O3/c1-13-10-24-27-12-19(23)25-22(21(13)27)30-15(3)17-9-20(28)26(11-17)14(2)16-5-7-18(29-4)8-6-16/h5-8,10,12,14-15,17H,9,11H2,1-4H3/t14-,15-,17?/m1/s1. The molecule has 0 bridgehead atoms. The van der Waals surface area contributed by atoms with E-state index in [0.29, 0.717) is 24.0 Å². The first kappa shape index (κ1) is 20.5. The molecule has 1 aliphatic heterocycles. The Kier molecular flexibility index (Phi) is 5.56. The molecule has 1 saturated heterocycles. The largest absolute Gasteiger partial charge is 0.497 e. The highest BCUT2D eigenvalue weighted by Crippen LogP contribution is 2.33. The summed E-state index contributed by atoms with van der Waals surface area (Å²) in [4.78, 5) is 19.0. The number of aryl methyl sites for hydroxylation is 1. The van der Waals surface area contributed by atoms with E-state index < -0.39 is 0 Å². The topological polar surface area (TPSA) is 69.0 Å². The van der Waals surface area contributed by atoms with E-state index in [2.05, 4.69) is 10.1 Å². The van der Waals surface area contributed by atoms with E-state index in [1.165, 1.54) is 0 Å². The third-order valence-corrected chi connectivity index (χ3v) is 6.02. The van der Waals surface area contributed by atoms with Crippen molar-refractivity contribution in [1.29, 1.82) is 0 Å². The lowest BCUT2D eigenvalue weighted by molar-refractivity contribution is -0.129. The molecule has 1 unspecified atom stereocenters. The van der Waals surface area contributed by atoms with Crippen molar-refractivity contribution in [3.8, 4) is 11.6 Å². The van der Waals surface area contributed by atoms with Crippen LogP contribution in [0.5, 0.6) is 11.6 Å². The van der Waals surface area contributed by atoms with Crippen LogP contribution in [0.1, 0.15) is 37.4 Å². The molecular formula is C22H25ClN4O3. The molecule has 2 aromatic heterocycles. The fraction of sp³-hybridized carbons (Fsp3) is 0.409. The van der Waals surface area contributed by atoms with Gasteiger partial charge in [-0.1, -0.05) is 23.7 Å². The maximum absolute atomic E-state index is 12.8. The molecule has 4 rings (SSSR count). The van der Waals surface area contributed by atoms with Crippen molar-refractivity contribution < 1.29 is 14.3 Å². The molecule has 3 aromatic rings. The number of likely N-dealkylation sites (tertiary alicyclic amines) is 1. The zero-order valence-electron chi connectivity index (χ0n) is 17.5. The molecule has 3 atom stereocenters. The van der Waals surface area contributed by atoms with Gasteiger partial charge in [-0.3, -0.25) is 4.79 Å². The van der Waals surface area contributed by atoms with Crippen LogP contribution in [-0.4, -0.2) is 45.2 Å². The Bertz CT molecular complexity index is 1070. The van der Waals surface area contributed by atoms with E-state index in [4.69, 9.17) is 21.1 Å². The quantitative estimate of drug-likeness (QED) is 0.591. The number of carbonyl (C=O) groups is 1. The Morgan fingerprint density at radius 1 is 1.23 bits per heavy atom. The predicted molar refractivity (Wildman–Crippen MR) is 114 cm³/mol. The number of aromatic nitrogens is 3. The van der Waals surface area contributed by atoms with Crippen LogP contribution < -0.4 is 9.47 Å². The fourth-order valence-corrected chi connectivity index (χ4v) is 4.13. The lowest BCUT2D eigenvalue weighted by atomic mass is 10.0. The van der Waals surface area contributed by atoms with Crippen LogP contribution in [0.4, 0.5) is 0 Å². The summed E-state index contributed by atoms with van der Waals surface area (Å²) in [5.41, 5.74) is 2.82. The lowest BCUT2D eigenvalue weighted by Gasteiger charge is -2.26. The van der Waals surface area contributed by atoms with E-state index in [9.17, 15) is 4.79 Å². The predicted octanol–water partition coefficient (Wildman–Crippen LogP) is 4.08. The molecule has 1 fully saturated rings. The van der Waals surface area contributed by atoms with Gasteiger partial charge in [0.25, 0.3) is 0 Å². The second kappa shape index (κ2) is 8.14. The third kappa shape index (κ3) is 3.81. The summed E-state index contributed by atoms with van der Waals surface area (Å²) in [7, 11) is 1.64. The lowest BCUT2D eigenvalue weighted by Crippen LogP contribution is -2.31. The summed E-state index contributed by atoms with van der Waals surface area (Å²) in [6.07, 6.45) is 3.64. The van der Waals surface area contributed by atoms with E-state index in [0.717, 1.165) is 22.4 Å². The van der Waals surface area contributed by atoms with Gasteiger partial charge in [-0.25, -0.2) is 4.52 Å². The second-order valence-electron chi connectivity index (χ2n) is 7.77. The minimum absolute atomic E-state index is 0.0197. The Morgan fingerprint density at radius 3 is 2.67 bits per heavy atom. The molecule has 0 spiro atoms. The van der Waals surface area contributed by atoms with Gasteiger partial charge in [-0.15, -0.1) is 0 Å². The zero-order valence-corrected chi connectivity index (χ0v) is 18.3. The van der Waals surface area contributed by atoms with Gasteiger partial charge in [0.1, 0.15) is 17.4 Å². The number of rotatable bonds is 6. The monoisotopic (exact) mass is 428 g/mol. The normalized spacial score (nSPS) is 18.6. The number of halogens is 1.